The van der Waals surface area contributed by atoms with Crippen LogP contribution in [0, 0.1) is 5.92 Å². The molecule has 0 atom stereocenters. The lowest BCUT2D eigenvalue weighted by molar-refractivity contribution is -0.125. The van der Waals surface area contributed by atoms with Gasteiger partial charge in [-0.25, -0.2) is 0 Å². The Morgan fingerprint density at radius 1 is 1.00 bits per heavy atom. The van der Waals surface area contributed by atoms with Crippen molar-refractivity contribution >= 4 is 35.8 Å². The van der Waals surface area contributed by atoms with Crippen LogP contribution in [-0.2, 0) is 11.2 Å². The van der Waals surface area contributed by atoms with Crippen molar-refractivity contribution in [2.75, 3.05) is 26.7 Å². The Hall–Kier alpha value is -1.31. The highest BCUT2D eigenvalue weighted by Crippen LogP contribution is 2.23. The molecule has 6 heteroatoms. The minimum Gasteiger partial charge on any atom is -0.356 e. The van der Waals surface area contributed by atoms with Crippen molar-refractivity contribution in [3.8, 4) is 0 Å². The number of amides is 1. The van der Waals surface area contributed by atoms with Gasteiger partial charge in [0.1, 0.15) is 0 Å². The Labute approximate surface area is 174 Å². The number of aryl methyl sites for hydroxylation is 1. The summed E-state index contributed by atoms with van der Waals surface area (Å²) in [6, 6.07) is 10.5. The molecule has 146 valence electrons. The van der Waals surface area contributed by atoms with E-state index in [0.717, 1.165) is 38.2 Å². The maximum atomic E-state index is 12.1. The van der Waals surface area contributed by atoms with E-state index in [1.54, 1.807) is 7.05 Å². The van der Waals surface area contributed by atoms with Gasteiger partial charge in [-0.2, -0.15) is 0 Å². The van der Waals surface area contributed by atoms with Gasteiger partial charge in [0.05, 0.1) is 0 Å². The molecule has 0 aliphatic heterocycles. The first-order chi connectivity index (χ1) is 12.3. The fourth-order valence-corrected chi connectivity index (χ4v) is 3.24. The van der Waals surface area contributed by atoms with Crippen molar-refractivity contribution in [1.82, 2.24) is 16.0 Å². The molecule has 3 N–H and O–H groups in total. The molecule has 1 amide bonds. The lowest BCUT2D eigenvalue weighted by atomic mass is 9.89. The largest absolute Gasteiger partial charge is 0.356 e. The van der Waals surface area contributed by atoms with E-state index in [0.29, 0.717) is 13.1 Å². The minimum atomic E-state index is 0. The number of benzene rings is 1. The summed E-state index contributed by atoms with van der Waals surface area (Å²) < 4.78 is 0. The average molecular weight is 472 g/mol. The van der Waals surface area contributed by atoms with Gasteiger partial charge in [0.2, 0.25) is 5.91 Å². The summed E-state index contributed by atoms with van der Waals surface area (Å²) in [6.07, 6.45) is 7.86. The monoisotopic (exact) mass is 472 g/mol. The predicted molar refractivity (Wildman–Crippen MR) is 119 cm³/mol. The number of rotatable bonds is 8. The van der Waals surface area contributed by atoms with Crippen LogP contribution >= 0.6 is 24.0 Å². The fourth-order valence-electron chi connectivity index (χ4n) is 3.24. The fraction of sp³-hybridized carbons (Fsp3) is 0.600. The standard InChI is InChI=1S/C20H32N4O.HI/c1-21-20(23-14-8-11-17-9-4-2-5-10-17)24-16-15-22-19(25)18-12-6-3-7-13-18;/h2,4-5,9-10,18H,3,6-8,11-16H2,1H3,(H,22,25)(H2,21,23,24);1H. The first kappa shape index (κ1) is 22.7. The molecule has 0 aromatic heterocycles. The van der Waals surface area contributed by atoms with Crippen molar-refractivity contribution in [2.45, 2.75) is 44.9 Å². The van der Waals surface area contributed by atoms with E-state index in [-0.39, 0.29) is 35.8 Å². The van der Waals surface area contributed by atoms with Crippen molar-refractivity contribution in [1.29, 1.82) is 0 Å². The van der Waals surface area contributed by atoms with E-state index in [4.69, 9.17) is 0 Å². The molecule has 1 aliphatic carbocycles. The molecular formula is C20H33IN4O. The van der Waals surface area contributed by atoms with Gasteiger partial charge in [-0.15, -0.1) is 24.0 Å². The summed E-state index contributed by atoms with van der Waals surface area (Å²) >= 11 is 0. The van der Waals surface area contributed by atoms with E-state index >= 15 is 0 Å². The second kappa shape index (κ2) is 13.8. The summed E-state index contributed by atoms with van der Waals surface area (Å²) in [5.41, 5.74) is 1.36. The van der Waals surface area contributed by atoms with Crippen LogP contribution in [0.3, 0.4) is 0 Å². The molecule has 0 radical (unpaired) electrons. The van der Waals surface area contributed by atoms with Gasteiger partial charge >= 0.3 is 0 Å². The third-order valence-corrected chi connectivity index (χ3v) is 4.69. The Morgan fingerprint density at radius 3 is 2.35 bits per heavy atom. The first-order valence-corrected chi connectivity index (χ1v) is 9.56. The van der Waals surface area contributed by atoms with Crippen LogP contribution in [0.2, 0.25) is 0 Å². The van der Waals surface area contributed by atoms with Gasteiger partial charge < -0.3 is 16.0 Å². The van der Waals surface area contributed by atoms with Crippen molar-refractivity contribution < 1.29 is 4.79 Å². The van der Waals surface area contributed by atoms with Crippen LogP contribution in [0.5, 0.6) is 0 Å². The van der Waals surface area contributed by atoms with Gasteiger partial charge in [0, 0.05) is 32.6 Å². The number of hydrogen-bond acceptors (Lipinski definition) is 2. The Morgan fingerprint density at radius 2 is 1.65 bits per heavy atom. The molecule has 2 rings (SSSR count). The lowest BCUT2D eigenvalue weighted by Gasteiger charge is -2.21. The predicted octanol–water partition coefficient (Wildman–Crippen LogP) is 3.10. The van der Waals surface area contributed by atoms with Crippen LogP contribution in [0.4, 0.5) is 0 Å². The molecule has 1 aromatic rings. The van der Waals surface area contributed by atoms with Gasteiger partial charge in [-0.05, 0) is 31.2 Å². The Bertz CT molecular complexity index is 530. The van der Waals surface area contributed by atoms with E-state index < -0.39 is 0 Å². The third kappa shape index (κ3) is 8.87. The highest BCUT2D eigenvalue weighted by Gasteiger charge is 2.20. The number of carbonyl (C=O) groups excluding carboxylic acids is 1. The van der Waals surface area contributed by atoms with E-state index in [1.807, 2.05) is 6.07 Å². The van der Waals surface area contributed by atoms with Gasteiger partial charge in [-0.3, -0.25) is 9.79 Å². The summed E-state index contributed by atoms with van der Waals surface area (Å²) in [5.74, 6) is 1.23. The normalized spacial score (nSPS) is 15.0. The summed E-state index contributed by atoms with van der Waals surface area (Å²) in [6.45, 7) is 2.21. The highest BCUT2D eigenvalue weighted by molar-refractivity contribution is 14.0. The highest BCUT2D eigenvalue weighted by atomic mass is 127. The summed E-state index contributed by atoms with van der Waals surface area (Å²) in [4.78, 5) is 16.3. The molecule has 5 nitrogen and oxygen atoms in total. The second-order valence-electron chi connectivity index (χ2n) is 6.64. The van der Waals surface area contributed by atoms with Crippen molar-refractivity contribution in [2.24, 2.45) is 10.9 Å². The van der Waals surface area contributed by atoms with Crippen LogP contribution in [-0.4, -0.2) is 38.5 Å². The minimum absolute atomic E-state index is 0. The molecule has 1 aliphatic rings. The maximum Gasteiger partial charge on any atom is 0.223 e. The molecular weight excluding hydrogens is 439 g/mol. The van der Waals surface area contributed by atoms with Crippen LogP contribution in [0.1, 0.15) is 44.1 Å². The van der Waals surface area contributed by atoms with Gasteiger partial charge in [0.25, 0.3) is 0 Å². The zero-order valence-electron chi connectivity index (χ0n) is 15.8. The molecule has 0 saturated heterocycles. The number of carbonyl (C=O) groups is 1. The number of nitrogens with zero attached hydrogens (tertiary/aromatic N) is 1. The zero-order chi connectivity index (χ0) is 17.7. The van der Waals surface area contributed by atoms with E-state index in [2.05, 4.69) is 45.2 Å². The lowest BCUT2D eigenvalue weighted by Crippen LogP contribution is -2.43. The summed E-state index contributed by atoms with van der Waals surface area (Å²) in [5, 5.41) is 9.60. The Balaban J connectivity index is 0.00000338. The molecule has 1 saturated carbocycles. The Kier molecular flexibility index (Phi) is 12.1. The molecule has 0 bridgehead atoms. The molecule has 26 heavy (non-hydrogen) atoms. The molecule has 0 heterocycles. The quantitative estimate of drug-likeness (QED) is 0.236. The number of halogens is 1. The zero-order valence-corrected chi connectivity index (χ0v) is 18.1. The number of aliphatic imine (C=N–C) groups is 1. The average Bonchev–Trinajstić information content (AvgIpc) is 2.68. The molecule has 1 fully saturated rings. The number of hydrogen-bond donors (Lipinski definition) is 3. The second-order valence-corrected chi connectivity index (χ2v) is 6.64. The summed E-state index contributed by atoms with van der Waals surface area (Å²) in [7, 11) is 1.77. The van der Waals surface area contributed by atoms with E-state index in [1.165, 1.54) is 24.8 Å². The van der Waals surface area contributed by atoms with Crippen molar-refractivity contribution in [3.05, 3.63) is 35.9 Å². The molecule has 1 aromatic carbocycles. The third-order valence-electron chi connectivity index (χ3n) is 4.69. The first-order valence-electron chi connectivity index (χ1n) is 9.56. The SMILES string of the molecule is CN=C(NCCCc1ccccc1)NCCNC(=O)C1CCCCC1.I. The number of guanidine groups is 1. The van der Waals surface area contributed by atoms with Crippen molar-refractivity contribution in [3.63, 3.8) is 0 Å². The van der Waals surface area contributed by atoms with Crippen LogP contribution in [0.15, 0.2) is 35.3 Å². The van der Waals surface area contributed by atoms with Crippen LogP contribution < -0.4 is 16.0 Å². The number of nitrogens with one attached hydrogen (secondary N) is 3. The molecule has 0 unspecified atom stereocenters. The smallest absolute Gasteiger partial charge is 0.223 e. The van der Waals surface area contributed by atoms with Gasteiger partial charge in [0.15, 0.2) is 5.96 Å². The maximum absolute atomic E-state index is 12.1. The topological polar surface area (TPSA) is 65.5 Å². The molecule has 0 spiro atoms. The van der Waals surface area contributed by atoms with Gasteiger partial charge in [-0.1, -0.05) is 49.6 Å². The van der Waals surface area contributed by atoms with E-state index in [9.17, 15) is 4.79 Å². The van der Waals surface area contributed by atoms with Crippen LogP contribution in [0.25, 0.3) is 0 Å².